The monoisotopic (exact) mass is 237 g/mol. The van der Waals surface area contributed by atoms with Gasteiger partial charge in [0.15, 0.2) is 0 Å². The van der Waals surface area contributed by atoms with E-state index in [1.165, 1.54) is 0 Å². The van der Waals surface area contributed by atoms with E-state index >= 15 is 0 Å². The molecular weight excluding hydrogens is 214 g/mol. The van der Waals surface area contributed by atoms with Crippen molar-refractivity contribution in [1.82, 2.24) is 0 Å². The number of unbranched alkanes of at least 4 members (excludes halogenated alkanes) is 2. The minimum Gasteiger partial charge on any atom is -0.491 e. The van der Waals surface area contributed by atoms with Crippen LogP contribution in [-0.4, -0.2) is 24.4 Å². The van der Waals surface area contributed by atoms with E-state index in [-0.39, 0.29) is 6.10 Å². The number of hydrogen-bond acceptors (Lipinski definition) is 3. The van der Waals surface area contributed by atoms with E-state index < -0.39 is 0 Å². The summed E-state index contributed by atoms with van der Waals surface area (Å²) in [5.41, 5.74) is 1.12. The van der Waals surface area contributed by atoms with E-state index in [0.717, 1.165) is 37.2 Å². The lowest BCUT2D eigenvalue weighted by Crippen LogP contribution is -2.06. The van der Waals surface area contributed by atoms with Gasteiger partial charge in [0.2, 0.25) is 0 Å². The third-order valence-corrected chi connectivity index (χ3v) is 2.39. The highest BCUT2D eigenvalue weighted by molar-refractivity contribution is 5.46. The van der Waals surface area contributed by atoms with Crippen molar-refractivity contribution >= 4 is 5.69 Å². The summed E-state index contributed by atoms with van der Waals surface area (Å²) >= 11 is 0. The van der Waals surface area contributed by atoms with Crippen LogP contribution in [0.3, 0.4) is 0 Å². The number of nitrogens with one attached hydrogen (secondary N) is 1. The van der Waals surface area contributed by atoms with Gasteiger partial charge < -0.3 is 15.2 Å². The molecule has 96 valence electrons. The summed E-state index contributed by atoms with van der Waals surface area (Å²) in [4.78, 5) is 0. The predicted octanol–water partition coefficient (Wildman–Crippen LogP) is 3.05. The average molecular weight is 237 g/mol. The molecule has 17 heavy (non-hydrogen) atoms. The molecule has 1 aromatic rings. The van der Waals surface area contributed by atoms with Crippen LogP contribution in [-0.2, 0) is 0 Å². The molecule has 0 radical (unpaired) electrons. The first-order chi connectivity index (χ1) is 8.22. The quantitative estimate of drug-likeness (QED) is 0.683. The molecule has 1 rings (SSSR count). The van der Waals surface area contributed by atoms with Crippen LogP contribution < -0.4 is 10.1 Å². The van der Waals surface area contributed by atoms with Crippen molar-refractivity contribution in [2.24, 2.45) is 0 Å². The van der Waals surface area contributed by atoms with Crippen LogP contribution in [0.2, 0.25) is 0 Å². The summed E-state index contributed by atoms with van der Waals surface area (Å²) in [5.74, 6) is 0.908. The minimum atomic E-state index is 0.215. The highest BCUT2D eigenvalue weighted by Crippen LogP contribution is 2.16. The van der Waals surface area contributed by atoms with Gasteiger partial charge >= 0.3 is 0 Å². The van der Waals surface area contributed by atoms with Gasteiger partial charge in [-0.3, -0.25) is 0 Å². The fourth-order valence-electron chi connectivity index (χ4n) is 1.57. The second-order valence-electron chi connectivity index (χ2n) is 4.40. The molecule has 0 heterocycles. The summed E-state index contributed by atoms with van der Waals surface area (Å²) in [6, 6.07) is 8.03. The van der Waals surface area contributed by atoms with Gasteiger partial charge in [0.1, 0.15) is 5.75 Å². The van der Waals surface area contributed by atoms with E-state index in [1.807, 2.05) is 38.1 Å². The molecule has 0 spiro atoms. The molecule has 0 fully saturated rings. The van der Waals surface area contributed by atoms with Gasteiger partial charge in [0.05, 0.1) is 6.10 Å². The Morgan fingerprint density at radius 1 is 1.12 bits per heavy atom. The molecule has 0 saturated heterocycles. The van der Waals surface area contributed by atoms with Crippen molar-refractivity contribution in [1.29, 1.82) is 0 Å². The zero-order chi connectivity index (χ0) is 12.5. The molecule has 0 aliphatic rings. The number of aliphatic hydroxyl groups is 1. The molecule has 0 saturated carbocycles. The van der Waals surface area contributed by atoms with Gasteiger partial charge in [-0.15, -0.1) is 0 Å². The first-order valence-electron chi connectivity index (χ1n) is 6.34. The zero-order valence-electron chi connectivity index (χ0n) is 10.8. The van der Waals surface area contributed by atoms with Crippen LogP contribution in [0.5, 0.6) is 5.75 Å². The maximum absolute atomic E-state index is 8.65. The van der Waals surface area contributed by atoms with Crippen molar-refractivity contribution in [2.45, 2.75) is 39.2 Å². The number of benzene rings is 1. The van der Waals surface area contributed by atoms with Crippen molar-refractivity contribution in [3.63, 3.8) is 0 Å². The maximum Gasteiger partial charge on any atom is 0.119 e. The first-order valence-corrected chi connectivity index (χ1v) is 6.34. The highest BCUT2D eigenvalue weighted by atomic mass is 16.5. The van der Waals surface area contributed by atoms with Crippen LogP contribution >= 0.6 is 0 Å². The summed E-state index contributed by atoms with van der Waals surface area (Å²) in [6.07, 6.45) is 3.26. The molecule has 1 aromatic carbocycles. The van der Waals surface area contributed by atoms with E-state index in [1.54, 1.807) is 0 Å². The van der Waals surface area contributed by atoms with Crippen molar-refractivity contribution in [3.05, 3.63) is 24.3 Å². The van der Waals surface area contributed by atoms with Gasteiger partial charge in [0.25, 0.3) is 0 Å². The third-order valence-electron chi connectivity index (χ3n) is 2.39. The Balaban J connectivity index is 2.25. The topological polar surface area (TPSA) is 41.5 Å². The van der Waals surface area contributed by atoms with Crippen LogP contribution in [0, 0.1) is 0 Å². The standard InChI is InChI=1S/C14H23NO2/c1-12(2)17-14-8-6-13(7-9-14)15-10-4-3-5-11-16/h6-9,12,15-16H,3-5,10-11H2,1-2H3. The lowest BCUT2D eigenvalue weighted by Gasteiger charge is -2.11. The molecule has 3 nitrogen and oxygen atoms in total. The fourth-order valence-corrected chi connectivity index (χ4v) is 1.57. The summed E-state index contributed by atoms with van der Waals surface area (Å²) in [5, 5.41) is 12.0. The molecule has 0 atom stereocenters. The summed E-state index contributed by atoms with van der Waals surface area (Å²) < 4.78 is 5.57. The van der Waals surface area contributed by atoms with Gasteiger partial charge in [-0.1, -0.05) is 0 Å². The normalized spacial score (nSPS) is 10.6. The molecule has 0 aromatic heterocycles. The lowest BCUT2D eigenvalue weighted by molar-refractivity contribution is 0.242. The number of anilines is 1. The predicted molar refractivity (Wildman–Crippen MR) is 71.6 cm³/mol. The minimum absolute atomic E-state index is 0.215. The largest absolute Gasteiger partial charge is 0.491 e. The molecule has 3 heteroatoms. The molecule has 0 aliphatic carbocycles. The Hall–Kier alpha value is -1.22. The Labute approximate surface area is 104 Å². The van der Waals surface area contributed by atoms with E-state index in [2.05, 4.69) is 5.32 Å². The Morgan fingerprint density at radius 2 is 1.82 bits per heavy atom. The second kappa shape index (κ2) is 7.96. The average Bonchev–Trinajstić information content (AvgIpc) is 2.30. The Kier molecular flexibility index (Phi) is 6.48. The van der Waals surface area contributed by atoms with Crippen molar-refractivity contribution in [3.8, 4) is 5.75 Å². The number of hydrogen-bond donors (Lipinski definition) is 2. The summed E-state index contributed by atoms with van der Waals surface area (Å²) in [7, 11) is 0. The number of ether oxygens (including phenoxy) is 1. The van der Waals surface area contributed by atoms with Gasteiger partial charge in [-0.2, -0.15) is 0 Å². The molecular formula is C14H23NO2. The maximum atomic E-state index is 8.65. The van der Waals surface area contributed by atoms with E-state index in [4.69, 9.17) is 9.84 Å². The number of aliphatic hydroxyl groups excluding tert-OH is 1. The Bertz CT molecular complexity index is 296. The van der Waals surface area contributed by atoms with E-state index in [0.29, 0.717) is 6.61 Å². The van der Waals surface area contributed by atoms with Crippen LogP contribution in [0.15, 0.2) is 24.3 Å². The van der Waals surface area contributed by atoms with Gasteiger partial charge in [-0.25, -0.2) is 0 Å². The molecule has 0 unspecified atom stereocenters. The van der Waals surface area contributed by atoms with Gasteiger partial charge in [0, 0.05) is 18.8 Å². The fraction of sp³-hybridized carbons (Fsp3) is 0.571. The van der Waals surface area contributed by atoms with Crippen LogP contribution in [0.25, 0.3) is 0 Å². The molecule has 0 bridgehead atoms. The SMILES string of the molecule is CC(C)Oc1ccc(NCCCCCO)cc1. The lowest BCUT2D eigenvalue weighted by atomic mass is 10.2. The Morgan fingerprint density at radius 3 is 2.41 bits per heavy atom. The third kappa shape index (κ3) is 6.17. The second-order valence-corrected chi connectivity index (χ2v) is 4.40. The van der Waals surface area contributed by atoms with E-state index in [9.17, 15) is 0 Å². The molecule has 2 N–H and O–H groups in total. The van der Waals surface area contributed by atoms with Crippen LogP contribution in [0.1, 0.15) is 33.1 Å². The zero-order valence-corrected chi connectivity index (χ0v) is 10.8. The molecule has 0 aliphatic heterocycles. The van der Waals surface area contributed by atoms with Crippen molar-refractivity contribution in [2.75, 3.05) is 18.5 Å². The number of rotatable bonds is 8. The van der Waals surface area contributed by atoms with Crippen LogP contribution in [0.4, 0.5) is 5.69 Å². The summed E-state index contributed by atoms with van der Waals surface area (Å²) in [6.45, 7) is 5.28. The van der Waals surface area contributed by atoms with Crippen molar-refractivity contribution < 1.29 is 9.84 Å². The van der Waals surface area contributed by atoms with Gasteiger partial charge in [-0.05, 0) is 57.4 Å². The smallest absolute Gasteiger partial charge is 0.119 e. The first kappa shape index (κ1) is 13.8. The highest BCUT2D eigenvalue weighted by Gasteiger charge is 1.97. The molecule has 0 amide bonds.